The first-order chi connectivity index (χ1) is 12.2. The predicted octanol–water partition coefficient (Wildman–Crippen LogP) is 1.53. The van der Waals surface area contributed by atoms with Gasteiger partial charge < -0.3 is 20.5 Å². The van der Waals surface area contributed by atoms with Crippen molar-refractivity contribution in [3.63, 3.8) is 0 Å². The van der Waals surface area contributed by atoms with Gasteiger partial charge in [0, 0.05) is 37.3 Å². The minimum Gasteiger partial charge on any atom is -0.348 e. The molecule has 2 aliphatic rings. The number of aromatic amines is 1. The summed E-state index contributed by atoms with van der Waals surface area (Å²) in [5.41, 5.74) is 1.94. The number of carbonyl (C=O) groups excluding carboxylic acids is 1. The number of nitrogens with one attached hydrogen (secondary N) is 3. The van der Waals surface area contributed by atoms with Crippen LogP contribution >= 0.6 is 11.8 Å². The number of nitrogens with zero attached hydrogens (tertiary/aromatic N) is 3. The van der Waals surface area contributed by atoms with Crippen molar-refractivity contribution in [3.8, 4) is 0 Å². The Labute approximate surface area is 150 Å². The minimum absolute atomic E-state index is 0.0134. The van der Waals surface area contributed by atoms with Crippen LogP contribution in [0, 0.1) is 6.92 Å². The molecule has 2 aromatic heterocycles. The molecule has 2 aliphatic heterocycles. The average molecular weight is 358 g/mol. The fourth-order valence-electron chi connectivity index (χ4n) is 3.34. The highest BCUT2D eigenvalue weighted by Gasteiger charge is 2.23. The Balaban J connectivity index is 1.57. The molecule has 2 aromatic rings. The fourth-order valence-corrected chi connectivity index (χ4v) is 4.24. The molecule has 0 bridgehead atoms. The van der Waals surface area contributed by atoms with Gasteiger partial charge in [0.05, 0.1) is 10.3 Å². The quantitative estimate of drug-likeness (QED) is 0.771. The second kappa shape index (κ2) is 7.05. The molecule has 0 saturated carbocycles. The molecule has 1 amide bonds. The summed E-state index contributed by atoms with van der Waals surface area (Å²) in [6.07, 6.45) is 7.57. The van der Waals surface area contributed by atoms with Crippen LogP contribution in [0.5, 0.6) is 0 Å². The molecule has 1 fully saturated rings. The molecule has 0 radical (unpaired) electrons. The van der Waals surface area contributed by atoms with Gasteiger partial charge in [0.1, 0.15) is 17.8 Å². The number of hydrogen-bond acceptors (Lipinski definition) is 6. The van der Waals surface area contributed by atoms with Crippen molar-refractivity contribution in [2.75, 3.05) is 30.3 Å². The number of fused-ring (bicyclic) bond motifs is 1. The summed E-state index contributed by atoms with van der Waals surface area (Å²) in [5.74, 6) is 1.73. The highest BCUT2D eigenvalue weighted by molar-refractivity contribution is 8.04. The Hall–Kier alpha value is -2.06. The normalized spacial score (nSPS) is 21.2. The zero-order chi connectivity index (χ0) is 17.2. The van der Waals surface area contributed by atoms with Crippen molar-refractivity contribution in [1.82, 2.24) is 25.6 Å². The minimum atomic E-state index is 0.0134. The topological polar surface area (TPSA) is 85.9 Å². The average Bonchev–Trinajstić information content (AvgIpc) is 3.04. The van der Waals surface area contributed by atoms with Crippen molar-refractivity contribution in [2.45, 2.75) is 25.8 Å². The number of thioether (sulfide) groups is 1. The largest absolute Gasteiger partial charge is 0.348 e. The standard InChI is InChI=1S/C17H22N6OS/c1-11-7-19-15-14(11)16(21-10-20-15)23-5-6-25-13(9-23)17(24)22-12-3-2-4-18-8-12/h7,9-10,12,18H,2-6,8H2,1H3,(H,22,24)(H,19,20,21)/t12-/m0/s1. The molecule has 4 heterocycles. The van der Waals surface area contributed by atoms with Crippen LogP contribution in [-0.2, 0) is 4.79 Å². The Morgan fingerprint density at radius 3 is 3.20 bits per heavy atom. The molecule has 1 atom stereocenters. The number of anilines is 1. The van der Waals surface area contributed by atoms with Crippen molar-refractivity contribution in [2.24, 2.45) is 0 Å². The van der Waals surface area contributed by atoms with Crippen LogP contribution in [0.25, 0.3) is 11.0 Å². The molecule has 3 N–H and O–H groups in total. The van der Waals surface area contributed by atoms with E-state index in [1.54, 1.807) is 18.1 Å². The van der Waals surface area contributed by atoms with Gasteiger partial charge in [-0.05, 0) is 31.9 Å². The van der Waals surface area contributed by atoms with E-state index in [1.165, 1.54) is 0 Å². The van der Waals surface area contributed by atoms with E-state index in [-0.39, 0.29) is 11.9 Å². The van der Waals surface area contributed by atoms with Gasteiger partial charge in [-0.3, -0.25) is 4.79 Å². The molecule has 0 unspecified atom stereocenters. The van der Waals surface area contributed by atoms with E-state index in [4.69, 9.17) is 0 Å². The third-order valence-electron chi connectivity index (χ3n) is 4.64. The first-order valence-corrected chi connectivity index (χ1v) is 9.62. The van der Waals surface area contributed by atoms with Gasteiger partial charge in [-0.25, -0.2) is 9.97 Å². The molecule has 4 rings (SSSR count). The van der Waals surface area contributed by atoms with Gasteiger partial charge in [0.15, 0.2) is 0 Å². The van der Waals surface area contributed by atoms with Crippen molar-refractivity contribution in [1.29, 1.82) is 0 Å². The lowest BCUT2D eigenvalue weighted by Crippen LogP contribution is -2.46. The number of carbonyl (C=O) groups is 1. The van der Waals surface area contributed by atoms with Gasteiger partial charge in [0.2, 0.25) is 0 Å². The van der Waals surface area contributed by atoms with E-state index in [0.717, 1.165) is 65.5 Å². The summed E-state index contributed by atoms with van der Waals surface area (Å²) in [5, 5.41) is 7.49. The van der Waals surface area contributed by atoms with Crippen LogP contribution in [0.4, 0.5) is 5.82 Å². The number of hydrogen-bond donors (Lipinski definition) is 3. The summed E-state index contributed by atoms with van der Waals surface area (Å²) >= 11 is 1.61. The SMILES string of the molecule is Cc1c[nH]c2ncnc(N3C=C(C(=O)N[C@H]4CCCNC4)SCC3)c12. The van der Waals surface area contributed by atoms with E-state index in [0.29, 0.717) is 0 Å². The summed E-state index contributed by atoms with van der Waals surface area (Å²) in [6, 6.07) is 0.218. The van der Waals surface area contributed by atoms with Crippen molar-refractivity contribution >= 4 is 34.5 Å². The maximum atomic E-state index is 12.6. The molecule has 7 nitrogen and oxygen atoms in total. The first kappa shape index (κ1) is 16.4. The lowest BCUT2D eigenvalue weighted by Gasteiger charge is -2.28. The van der Waals surface area contributed by atoms with Gasteiger partial charge in [-0.1, -0.05) is 0 Å². The number of aryl methyl sites for hydroxylation is 1. The van der Waals surface area contributed by atoms with Crippen LogP contribution in [0.2, 0.25) is 0 Å². The molecule has 132 valence electrons. The van der Waals surface area contributed by atoms with Gasteiger partial charge in [0.25, 0.3) is 5.91 Å². The summed E-state index contributed by atoms with van der Waals surface area (Å²) in [7, 11) is 0. The van der Waals surface area contributed by atoms with Crippen molar-refractivity contribution < 1.29 is 4.79 Å². The molecule has 0 spiro atoms. The van der Waals surface area contributed by atoms with E-state index in [2.05, 4.69) is 30.5 Å². The second-order valence-corrected chi connectivity index (χ2v) is 7.58. The van der Waals surface area contributed by atoms with Gasteiger partial charge >= 0.3 is 0 Å². The van der Waals surface area contributed by atoms with E-state index in [9.17, 15) is 4.79 Å². The molecule has 0 aromatic carbocycles. The first-order valence-electron chi connectivity index (χ1n) is 8.64. The second-order valence-electron chi connectivity index (χ2n) is 6.44. The lowest BCUT2D eigenvalue weighted by atomic mass is 10.1. The van der Waals surface area contributed by atoms with Gasteiger partial charge in [-0.15, -0.1) is 11.8 Å². The van der Waals surface area contributed by atoms with Crippen LogP contribution in [0.3, 0.4) is 0 Å². The number of H-pyrrole nitrogens is 1. The van der Waals surface area contributed by atoms with Crippen molar-refractivity contribution in [3.05, 3.63) is 29.2 Å². The third kappa shape index (κ3) is 3.36. The molecular formula is C17H22N6OS. The summed E-state index contributed by atoms with van der Waals surface area (Å²) < 4.78 is 0. The van der Waals surface area contributed by atoms with E-state index < -0.39 is 0 Å². The third-order valence-corrected chi connectivity index (χ3v) is 5.63. The fraction of sp³-hybridized carbons (Fsp3) is 0.471. The van der Waals surface area contributed by atoms with Crippen LogP contribution in [-0.4, -0.2) is 52.3 Å². The lowest BCUT2D eigenvalue weighted by molar-refractivity contribution is -0.117. The van der Waals surface area contributed by atoms with E-state index >= 15 is 0 Å². The Kier molecular flexibility index (Phi) is 4.63. The number of rotatable bonds is 3. The zero-order valence-corrected chi connectivity index (χ0v) is 15.0. The molecule has 1 saturated heterocycles. The molecule has 0 aliphatic carbocycles. The molecule has 25 heavy (non-hydrogen) atoms. The van der Waals surface area contributed by atoms with Crippen LogP contribution in [0.1, 0.15) is 18.4 Å². The number of piperidine rings is 1. The Morgan fingerprint density at radius 2 is 2.36 bits per heavy atom. The number of aromatic nitrogens is 3. The molecular weight excluding hydrogens is 336 g/mol. The highest BCUT2D eigenvalue weighted by atomic mass is 32.2. The van der Waals surface area contributed by atoms with Gasteiger partial charge in [-0.2, -0.15) is 0 Å². The van der Waals surface area contributed by atoms with Crippen LogP contribution in [0.15, 0.2) is 23.6 Å². The summed E-state index contributed by atoms with van der Waals surface area (Å²) in [6.45, 7) is 4.75. The highest BCUT2D eigenvalue weighted by Crippen LogP contribution is 2.30. The Bertz CT molecular complexity index is 811. The monoisotopic (exact) mass is 358 g/mol. The zero-order valence-electron chi connectivity index (χ0n) is 14.2. The maximum Gasteiger partial charge on any atom is 0.259 e. The van der Waals surface area contributed by atoms with Crippen LogP contribution < -0.4 is 15.5 Å². The molecule has 8 heteroatoms. The number of amides is 1. The maximum absolute atomic E-state index is 12.6. The Morgan fingerprint density at radius 1 is 1.44 bits per heavy atom. The predicted molar refractivity (Wildman–Crippen MR) is 101 cm³/mol. The van der Waals surface area contributed by atoms with E-state index in [1.807, 2.05) is 19.3 Å². The smallest absolute Gasteiger partial charge is 0.259 e. The summed E-state index contributed by atoms with van der Waals surface area (Å²) in [4.78, 5) is 27.4.